The standard InChI is InChI=1S/C57H55F4N7/c1-54(2,3)44-39-29-38-40(30-21-13-17-25-34(30)58)45(55(4,5)6)51(62-38)65-49-42(32-23-15-19-27-36(32)60)47(57(10,11)12)53(66-49)68-50-43(33-24-16-20-28-37(33)61)46(56(7,8)9)52(67-50)64-48(63-39)41(44)31-22-14-18-26-35(31)59/h13-29H,1-12H3,(H2,62,63,64,65,66,67,68). The van der Waals surface area contributed by atoms with Gasteiger partial charge in [0.2, 0.25) is 0 Å². The average molecular weight is 914 g/mol. The van der Waals surface area contributed by atoms with E-state index < -0.39 is 44.9 Å². The minimum absolute atomic E-state index is 0.176. The van der Waals surface area contributed by atoms with Gasteiger partial charge in [0.15, 0.2) is 17.5 Å². The van der Waals surface area contributed by atoms with Crippen LogP contribution in [-0.4, -0.2) is 34.9 Å². The number of halogens is 4. The summed E-state index contributed by atoms with van der Waals surface area (Å²) in [6.45, 7) is 24.2. The molecule has 0 amide bonds. The molecule has 7 aromatic rings. The molecular formula is C57H55F4N7. The Labute approximate surface area is 394 Å². The van der Waals surface area contributed by atoms with Crippen LogP contribution in [0.15, 0.2) is 103 Å². The van der Waals surface area contributed by atoms with Crippen LogP contribution in [0, 0.1) is 34.1 Å². The Hall–Kier alpha value is -7.01. The molecule has 346 valence electrons. The molecule has 11 heteroatoms. The summed E-state index contributed by atoms with van der Waals surface area (Å²) in [4.78, 5) is 33.6. The molecule has 7 nitrogen and oxygen atoms in total. The monoisotopic (exact) mass is 913 g/mol. The third-order valence-electron chi connectivity index (χ3n) is 12.3. The fourth-order valence-electron chi connectivity index (χ4n) is 9.68. The van der Waals surface area contributed by atoms with Crippen molar-refractivity contribution in [3.05, 3.63) is 172 Å². The lowest BCUT2D eigenvalue weighted by Crippen LogP contribution is -2.13. The van der Waals surface area contributed by atoms with E-state index in [9.17, 15) is 0 Å². The predicted octanol–water partition coefficient (Wildman–Crippen LogP) is 15.0. The summed E-state index contributed by atoms with van der Waals surface area (Å²) in [5.41, 5.74) is 4.81. The summed E-state index contributed by atoms with van der Waals surface area (Å²) < 4.78 is 65.7. The van der Waals surface area contributed by atoms with Gasteiger partial charge in [-0.2, -0.15) is 0 Å². The smallest absolute Gasteiger partial charge is 0.165 e. The number of allylic oxidation sites excluding steroid dienone is 2. The van der Waals surface area contributed by atoms with Crippen LogP contribution in [-0.2, 0) is 10.8 Å². The topological polar surface area (TPSA) is 96.0 Å². The first-order valence-electron chi connectivity index (χ1n) is 22.9. The van der Waals surface area contributed by atoms with E-state index in [-0.39, 0.29) is 34.2 Å². The van der Waals surface area contributed by atoms with Gasteiger partial charge in [-0.3, -0.25) is 0 Å². The van der Waals surface area contributed by atoms with Gasteiger partial charge in [0.1, 0.15) is 40.2 Å². The number of benzene rings is 4. The summed E-state index contributed by atoms with van der Waals surface area (Å²) in [6, 6.07) is 28.0. The van der Waals surface area contributed by atoms with Crippen LogP contribution in [0.1, 0.15) is 129 Å². The molecule has 2 aliphatic rings. The van der Waals surface area contributed by atoms with E-state index in [4.69, 9.17) is 24.9 Å². The quantitative estimate of drug-likeness (QED) is 0.172. The van der Waals surface area contributed by atoms with Crippen LogP contribution < -0.4 is 0 Å². The molecule has 8 bridgehead atoms. The van der Waals surface area contributed by atoms with Crippen LogP contribution in [0.25, 0.3) is 67.0 Å². The molecule has 0 saturated heterocycles. The van der Waals surface area contributed by atoms with Crippen molar-refractivity contribution in [1.29, 1.82) is 0 Å². The fraction of sp³-hybridized carbons (Fsp3) is 0.281. The van der Waals surface area contributed by atoms with E-state index in [1.54, 1.807) is 72.8 Å². The molecule has 68 heavy (non-hydrogen) atoms. The normalized spacial score (nSPS) is 13.8. The lowest BCUT2D eigenvalue weighted by Gasteiger charge is -2.23. The van der Waals surface area contributed by atoms with Gasteiger partial charge in [-0.15, -0.1) is 0 Å². The van der Waals surface area contributed by atoms with Gasteiger partial charge in [0.05, 0.1) is 11.2 Å². The molecule has 0 saturated carbocycles. The third kappa shape index (κ3) is 8.05. The molecule has 9 rings (SSSR count). The van der Waals surface area contributed by atoms with E-state index >= 15 is 17.6 Å². The van der Waals surface area contributed by atoms with Crippen molar-refractivity contribution in [2.45, 2.75) is 93.9 Å². The van der Waals surface area contributed by atoms with Gasteiger partial charge in [0, 0.05) is 61.2 Å². The van der Waals surface area contributed by atoms with E-state index in [2.05, 4.69) is 9.97 Å². The summed E-state index contributed by atoms with van der Waals surface area (Å²) in [6.07, 6.45) is 0. The van der Waals surface area contributed by atoms with Gasteiger partial charge in [-0.05, 0) is 57.6 Å². The minimum Gasteiger partial charge on any atom is -0.339 e. The summed E-state index contributed by atoms with van der Waals surface area (Å²) in [5, 5.41) is 0. The third-order valence-corrected chi connectivity index (χ3v) is 12.3. The van der Waals surface area contributed by atoms with Gasteiger partial charge in [-0.25, -0.2) is 42.5 Å². The van der Waals surface area contributed by atoms with Crippen LogP contribution in [0.3, 0.4) is 0 Å². The molecule has 0 fully saturated rings. The molecule has 0 spiro atoms. The largest absolute Gasteiger partial charge is 0.339 e. The number of nitrogens with one attached hydrogen (secondary N) is 2. The number of fused-ring (bicyclic) bond motifs is 8. The second-order valence-corrected chi connectivity index (χ2v) is 21.7. The maximum atomic E-state index is 16.4. The zero-order valence-corrected chi connectivity index (χ0v) is 40.6. The zero-order valence-electron chi connectivity index (χ0n) is 40.6. The number of hydrogen-bond acceptors (Lipinski definition) is 5. The van der Waals surface area contributed by atoms with Crippen LogP contribution in [0.4, 0.5) is 17.6 Å². The van der Waals surface area contributed by atoms with Crippen molar-refractivity contribution >= 4 is 44.8 Å². The summed E-state index contributed by atoms with van der Waals surface area (Å²) >= 11 is 0. The zero-order chi connectivity index (χ0) is 48.8. The Balaban J connectivity index is 1.62. The minimum atomic E-state index is -0.710. The first kappa shape index (κ1) is 46.1. The highest BCUT2D eigenvalue weighted by atomic mass is 19.1. The average Bonchev–Trinajstić information content (AvgIpc) is 3.99. The van der Waals surface area contributed by atoms with Crippen molar-refractivity contribution in [2.24, 2.45) is 10.8 Å². The fourth-order valence-corrected chi connectivity index (χ4v) is 9.68. The number of rotatable bonds is 4. The molecule has 0 aliphatic carbocycles. The first-order valence-corrected chi connectivity index (χ1v) is 22.9. The second-order valence-electron chi connectivity index (χ2n) is 21.7. The van der Waals surface area contributed by atoms with Gasteiger partial charge < -0.3 is 9.97 Å². The molecule has 0 atom stereocenters. The molecule has 5 heterocycles. The number of H-pyrrole nitrogens is 2. The lowest BCUT2D eigenvalue weighted by molar-refractivity contribution is 0.565. The highest BCUT2D eigenvalue weighted by molar-refractivity contribution is 6.03. The second kappa shape index (κ2) is 16.4. The maximum Gasteiger partial charge on any atom is 0.165 e. The number of hydrogen-bond donors (Lipinski definition) is 2. The molecule has 3 aromatic heterocycles. The SMILES string of the molecule is CC(C)(C)C1=C(c2ccccc2F)c2nc1cc1[nH]c(nc3nc(nc4[nH]c(n2)c(C(C)(C)C)c4-c2ccccc2F)C(C(C)(C)C)=C3c2ccccc2F)c(C(C)(C)C)c1-c1ccccc1F. The van der Waals surface area contributed by atoms with Gasteiger partial charge >= 0.3 is 0 Å². The number of nitrogens with zero attached hydrogens (tertiary/aromatic N) is 5. The Kier molecular flexibility index (Phi) is 11.1. The van der Waals surface area contributed by atoms with Crippen molar-refractivity contribution in [2.75, 3.05) is 0 Å². The summed E-state index contributed by atoms with van der Waals surface area (Å²) in [7, 11) is 0. The van der Waals surface area contributed by atoms with Crippen LogP contribution in [0.5, 0.6) is 0 Å². The molecular weight excluding hydrogens is 859 g/mol. The van der Waals surface area contributed by atoms with E-state index in [1.807, 2.05) is 89.2 Å². The number of aromatic nitrogens is 7. The van der Waals surface area contributed by atoms with Crippen molar-refractivity contribution in [3.8, 4) is 22.3 Å². The lowest BCUT2D eigenvalue weighted by atomic mass is 9.80. The molecule has 0 radical (unpaired) electrons. The Morgan fingerprint density at radius 1 is 0.368 bits per heavy atom. The Morgan fingerprint density at radius 2 is 0.750 bits per heavy atom. The predicted molar refractivity (Wildman–Crippen MR) is 266 cm³/mol. The Bertz CT molecular complexity index is 3210. The number of aromatic amines is 2. The van der Waals surface area contributed by atoms with E-state index in [0.29, 0.717) is 78.2 Å². The van der Waals surface area contributed by atoms with Crippen LogP contribution >= 0.6 is 0 Å². The summed E-state index contributed by atoms with van der Waals surface area (Å²) in [5.74, 6) is -1.26. The molecule has 0 unspecified atom stereocenters. The molecule has 2 aliphatic heterocycles. The van der Waals surface area contributed by atoms with Crippen molar-refractivity contribution in [3.63, 3.8) is 0 Å². The molecule has 2 N–H and O–H groups in total. The highest BCUT2D eigenvalue weighted by Crippen LogP contribution is 2.49. The van der Waals surface area contributed by atoms with Crippen LogP contribution in [0.2, 0.25) is 0 Å². The first-order chi connectivity index (χ1) is 31.9. The van der Waals surface area contributed by atoms with Gasteiger partial charge in [0.25, 0.3) is 0 Å². The maximum absolute atomic E-state index is 16.4. The van der Waals surface area contributed by atoms with Gasteiger partial charge in [-0.1, -0.05) is 156 Å². The van der Waals surface area contributed by atoms with E-state index in [0.717, 1.165) is 0 Å². The van der Waals surface area contributed by atoms with Crippen molar-refractivity contribution < 1.29 is 17.6 Å². The van der Waals surface area contributed by atoms with E-state index in [1.165, 1.54) is 24.3 Å². The van der Waals surface area contributed by atoms with Crippen molar-refractivity contribution in [1.82, 2.24) is 34.9 Å². The molecule has 4 aromatic carbocycles. The Morgan fingerprint density at radius 3 is 1.21 bits per heavy atom. The highest BCUT2D eigenvalue weighted by Gasteiger charge is 2.37.